The SMILES string of the molecule is COC(=O)c1ccc(N(C)C(C)CC#N)c(N)c1. The van der Waals surface area contributed by atoms with E-state index >= 15 is 0 Å². The Morgan fingerprint density at radius 2 is 2.28 bits per heavy atom. The summed E-state index contributed by atoms with van der Waals surface area (Å²) in [5.41, 5.74) is 7.62. The average Bonchev–Trinajstić information content (AvgIpc) is 2.37. The molecule has 0 aliphatic rings. The first-order valence-corrected chi connectivity index (χ1v) is 5.58. The van der Waals surface area contributed by atoms with Crippen molar-refractivity contribution in [1.82, 2.24) is 0 Å². The van der Waals surface area contributed by atoms with Gasteiger partial charge in [-0.1, -0.05) is 0 Å². The summed E-state index contributed by atoms with van der Waals surface area (Å²) in [6.07, 6.45) is 0.411. The second-order valence-electron chi connectivity index (χ2n) is 4.09. The number of methoxy groups -OCH3 is 1. The summed E-state index contributed by atoms with van der Waals surface area (Å²) in [4.78, 5) is 13.3. The number of hydrogen-bond acceptors (Lipinski definition) is 5. The first-order valence-electron chi connectivity index (χ1n) is 5.58. The maximum absolute atomic E-state index is 11.3. The molecule has 1 aromatic rings. The maximum Gasteiger partial charge on any atom is 0.337 e. The number of carbonyl (C=O) groups is 1. The number of nitrogen functional groups attached to an aromatic ring is 1. The summed E-state index contributed by atoms with van der Waals surface area (Å²) < 4.78 is 4.63. The Labute approximate surface area is 107 Å². The first-order chi connectivity index (χ1) is 8.51. The molecule has 0 saturated carbocycles. The van der Waals surface area contributed by atoms with Gasteiger partial charge in [-0.3, -0.25) is 0 Å². The fraction of sp³-hybridized carbons (Fsp3) is 0.385. The third-order valence-electron chi connectivity index (χ3n) is 2.88. The normalized spacial score (nSPS) is 11.4. The van der Waals surface area contributed by atoms with Gasteiger partial charge in [0, 0.05) is 13.1 Å². The topological polar surface area (TPSA) is 79.3 Å². The minimum atomic E-state index is -0.416. The van der Waals surface area contributed by atoms with Gasteiger partial charge in [-0.05, 0) is 25.1 Å². The largest absolute Gasteiger partial charge is 0.465 e. The molecule has 1 aromatic carbocycles. The van der Waals surface area contributed by atoms with Crippen molar-refractivity contribution in [3.8, 4) is 6.07 Å². The lowest BCUT2D eigenvalue weighted by Crippen LogP contribution is -2.29. The fourth-order valence-electron chi connectivity index (χ4n) is 1.63. The zero-order valence-electron chi connectivity index (χ0n) is 10.8. The van der Waals surface area contributed by atoms with Gasteiger partial charge in [0.15, 0.2) is 0 Å². The number of anilines is 2. The molecule has 0 amide bonds. The maximum atomic E-state index is 11.3. The first kappa shape index (κ1) is 13.8. The van der Waals surface area contributed by atoms with E-state index in [1.807, 2.05) is 18.9 Å². The number of ether oxygens (including phenoxy) is 1. The van der Waals surface area contributed by atoms with Crippen molar-refractivity contribution in [2.24, 2.45) is 0 Å². The minimum Gasteiger partial charge on any atom is -0.465 e. The highest BCUT2D eigenvalue weighted by atomic mass is 16.5. The lowest BCUT2D eigenvalue weighted by atomic mass is 10.1. The summed E-state index contributed by atoms with van der Waals surface area (Å²) in [5.74, 6) is -0.416. The summed E-state index contributed by atoms with van der Waals surface area (Å²) in [6, 6.07) is 7.18. The number of nitriles is 1. The molecular formula is C13H17N3O2. The van der Waals surface area contributed by atoms with Crippen LogP contribution in [0.4, 0.5) is 11.4 Å². The van der Waals surface area contributed by atoms with Crippen molar-refractivity contribution >= 4 is 17.3 Å². The Bertz CT molecular complexity index is 480. The molecular weight excluding hydrogens is 230 g/mol. The fourth-order valence-corrected chi connectivity index (χ4v) is 1.63. The second kappa shape index (κ2) is 5.92. The van der Waals surface area contributed by atoms with Crippen molar-refractivity contribution in [2.45, 2.75) is 19.4 Å². The third kappa shape index (κ3) is 2.92. The zero-order chi connectivity index (χ0) is 13.7. The molecule has 1 rings (SSSR count). The molecule has 0 saturated heterocycles. The van der Waals surface area contributed by atoms with Gasteiger partial charge in [0.2, 0.25) is 0 Å². The molecule has 2 N–H and O–H groups in total. The molecule has 0 bridgehead atoms. The number of nitrogens with zero attached hydrogens (tertiary/aromatic N) is 2. The number of carbonyl (C=O) groups excluding carboxylic acids is 1. The van der Waals surface area contributed by atoms with Crippen molar-refractivity contribution in [2.75, 3.05) is 24.8 Å². The molecule has 0 fully saturated rings. The van der Waals surface area contributed by atoms with Crippen molar-refractivity contribution in [3.05, 3.63) is 23.8 Å². The van der Waals surface area contributed by atoms with Crippen LogP contribution in [0.25, 0.3) is 0 Å². The molecule has 5 nitrogen and oxygen atoms in total. The summed E-state index contributed by atoms with van der Waals surface area (Å²) in [6.45, 7) is 1.94. The van der Waals surface area contributed by atoms with E-state index in [0.717, 1.165) is 5.69 Å². The molecule has 1 atom stereocenters. The van der Waals surface area contributed by atoms with E-state index in [9.17, 15) is 4.79 Å². The van der Waals surface area contributed by atoms with Crippen LogP contribution in [0.3, 0.4) is 0 Å². The molecule has 0 aromatic heterocycles. The van der Waals surface area contributed by atoms with Crippen LogP contribution in [0.1, 0.15) is 23.7 Å². The molecule has 0 radical (unpaired) electrons. The van der Waals surface area contributed by atoms with Crippen LogP contribution in [0.15, 0.2) is 18.2 Å². The number of esters is 1. The van der Waals surface area contributed by atoms with Gasteiger partial charge >= 0.3 is 5.97 Å². The van der Waals surface area contributed by atoms with E-state index in [0.29, 0.717) is 17.7 Å². The molecule has 96 valence electrons. The van der Waals surface area contributed by atoms with E-state index < -0.39 is 5.97 Å². The smallest absolute Gasteiger partial charge is 0.337 e. The minimum absolute atomic E-state index is 0.0567. The highest BCUT2D eigenvalue weighted by Crippen LogP contribution is 2.25. The second-order valence-corrected chi connectivity index (χ2v) is 4.09. The number of nitrogens with two attached hydrogens (primary N) is 1. The zero-order valence-corrected chi connectivity index (χ0v) is 10.8. The predicted molar refractivity (Wildman–Crippen MR) is 70.3 cm³/mol. The quantitative estimate of drug-likeness (QED) is 0.648. The van der Waals surface area contributed by atoms with Crippen LogP contribution in [-0.4, -0.2) is 26.2 Å². The average molecular weight is 247 g/mol. The third-order valence-corrected chi connectivity index (χ3v) is 2.88. The van der Waals surface area contributed by atoms with Gasteiger partial charge in [0.1, 0.15) is 0 Å². The van der Waals surface area contributed by atoms with E-state index in [1.165, 1.54) is 7.11 Å². The van der Waals surface area contributed by atoms with Crippen LogP contribution >= 0.6 is 0 Å². The molecule has 0 spiro atoms. The molecule has 0 aliphatic heterocycles. The lowest BCUT2D eigenvalue weighted by molar-refractivity contribution is 0.0601. The summed E-state index contributed by atoms with van der Waals surface area (Å²) in [5, 5.41) is 8.68. The number of benzene rings is 1. The van der Waals surface area contributed by atoms with Gasteiger partial charge in [-0.2, -0.15) is 5.26 Å². The molecule has 5 heteroatoms. The Balaban J connectivity index is 2.99. The van der Waals surface area contributed by atoms with E-state index in [2.05, 4.69) is 10.8 Å². The lowest BCUT2D eigenvalue weighted by Gasteiger charge is -2.26. The van der Waals surface area contributed by atoms with Crippen molar-refractivity contribution in [3.63, 3.8) is 0 Å². The van der Waals surface area contributed by atoms with Crippen LogP contribution < -0.4 is 10.6 Å². The van der Waals surface area contributed by atoms with Crippen LogP contribution in [0.2, 0.25) is 0 Å². The molecule has 18 heavy (non-hydrogen) atoms. The van der Waals surface area contributed by atoms with Crippen molar-refractivity contribution in [1.29, 1.82) is 5.26 Å². The van der Waals surface area contributed by atoms with Crippen LogP contribution in [0, 0.1) is 11.3 Å². The molecule has 1 unspecified atom stereocenters. The van der Waals surface area contributed by atoms with Gasteiger partial charge < -0.3 is 15.4 Å². The highest BCUT2D eigenvalue weighted by Gasteiger charge is 2.14. The Hall–Kier alpha value is -2.22. The van der Waals surface area contributed by atoms with Crippen molar-refractivity contribution < 1.29 is 9.53 Å². The summed E-state index contributed by atoms with van der Waals surface area (Å²) >= 11 is 0. The molecule has 0 aliphatic carbocycles. The van der Waals surface area contributed by atoms with Gasteiger partial charge in [0.25, 0.3) is 0 Å². The standard InChI is InChI=1S/C13H17N3O2/c1-9(6-7-14)16(2)12-5-4-10(8-11(12)15)13(17)18-3/h4-5,8-9H,6,15H2,1-3H3. The number of hydrogen-bond donors (Lipinski definition) is 1. The highest BCUT2D eigenvalue weighted by molar-refractivity contribution is 5.91. The Kier molecular flexibility index (Phi) is 4.55. The number of rotatable bonds is 4. The Morgan fingerprint density at radius 1 is 1.61 bits per heavy atom. The Morgan fingerprint density at radius 3 is 2.78 bits per heavy atom. The van der Waals surface area contributed by atoms with E-state index in [4.69, 9.17) is 11.0 Å². The monoisotopic (exact) mass is 247 g/mol. The van der Waals surface area contributed by atoms with Gasteiger partial charge in [-0.15, -0.1) is 0 Å². The van der Waals surface area contributed by atoms with Gasteiger partial charge in [0.05, 0.1) is 36.5 Å². The van der Waals surface area contributed by atoms with Gasteiger partial charge in [-0.25, -0.2) is 4.79 Å². The van der Waals surface area contributed by atoms with Crippen LogP contribution in [-0.2, 0) is 4.74 Å². The summed E-state index contributed by atoms with van der Waals surface area (Å²) in [7, 11) is 3.19. The van der Waals surface area contributed by atoms with Crippen LogP contribution in [0.5, 0.6) is 0 Å². The van der Waals surface area contributed by atoms with E-state index in [1.54, 1.807) is 18.2 Å². The molecule has 0 heterocycles. The van der Waals surface area contributed by atoms with E-state index in [-0.39, 0.29) is 6.04 Å². The predicted octanol–water partition coefficient (Wildman–Crippen LogP) is 1.79.